The predicted molar refractivity (Wildman–Crippen MR) is 83.5 cm³/mol. The molecule has 0 amide bonds. The van der Waals surface area contributed by atoms with Crippen LogP contribution < -0.4 is 10.6 Å². The molecule has 2 heteroatoms. The van der Waals surface area contributed by atoms with E-state index in [0.29, 0.717) is 5.54 Å². The third-order valence-electron chi connectivity index (χ3n) is 5.63. The minimum Gasteiger partial charge on any atom is -0.314 e. The summed E-state index contributed by atoms with van der Waals surface area (Å²) in [5, 5.41) is 7.48. The van der Waals surface area contributed by atoms with Gasteiger partial charge >= 0.3 is 0 Å². The Morgan fingerprint density at radius 1 is 0.947 bits per heavy atom. The second-order valence-corrected chi connectivity index (χ2v) is 7.11. The molecule has 2 fully saturated rings. The van der Waals surface area contributed by atoms with E-state index in [0.717, 1.165) is 12.0 Å². The Kier molecular flexibility index (Phi) is 6.15. The summed E-state index contributed by atoms with van der Waals surface area (Å²) in [4.78, 5) is 0. The Morgan fingerprint density at radius 2 is 1.74 bits per heavy atom. The van der Waals surface area contributed by atoms with Gasteiger partial charge in [0.1, 0.15) is 0 Å². The first-order chi connectivity index (χ1) is 9.24. The average molecular weight is 266 g/mol. The molecule has 0 heterocycles. The molecule has 2 aliphatic rings. The van der Waals surface area contributed by atoms with E-state index < -0.39 is 0 Å². The zero-order valence-corrected chi connectivity index (χ0v) is 13.1. The maximum absolute atomic E-state index is 3.85. The molecule has 0 aliphatic heterocycles. The molecular formula is C17H34N2. The molecule has 2 aliphatic carbocycles. The number of hydrogen-bond acceptors (Lipinski definition) is 2. The first-order valence-corrected chi connectivity index (χ1v) is 8.66. The summed E-state index contributed by atoms with van der Waals surface area (Å²) in [5.74, 6) is 0.953. The highest BCUT2D eigenvalue weighted by atomic mass is 15.0. The topological polar surface area (TPSA) is 24.1 Å². The minimum atomic E-state index is 0.448. The highest BCUT2D eigenvalue weighted by Crippen LogP contribution is 2.30. The molecule has 2 unspecified atom stereocenters. The van der Waals surface area contributed by atoms with Crippen molar-refractivity contribution in [1.82, 2.24) is 10.6 Å². The van der Waals surface area contributed by atoms with E-state index in [1.807, 2.05) is 0 Å². The Hall–Kier alpha value is -0.0800. The Bertz CT molecular complexity index is 246. The van der Waals surface area contributed by atoms with Gasteiger partial charge in [-0.3, -0.25) is 0 Å². The fourth-order valence-electron chi connectivity index (χ4n) is 4.06. The summed E-state index contributed by atoms with van der Waals surface area (Å²) in [6, 6.07) is 0.794. The SMILES string of the molecule is CNC1(CCNC2CCCC(C)CC2)CCCCC1. The highest BCUT2D eigenvalue weighted by molar-refractivity contribution is 4.90. The van der Waals surface area contributed by atoms with Crippen molar-refractivity contribution in [3.8, 4) is 0 Å². The normalized spacial score (nSPS) is 31.9. The predicted octanol–water partition coefficient (Wildman–Crippen LogP) is 3.86. The van der Waals surface area contributed by atoms with Gasteiger partial charge in [0.2, 0.25) is 0 Å². The molecule has 0 bridgehead atoms. The van der Waals surface area contributed by atoms with Crippen LogP contribution in [-0.4, -0.2) is 25.2 Å². The maximum Gasteiger partial charge on any atom is 0.0190 e. The van der Waals surface area contributed by atoms with Crippen molar-refractivity contribution in [2.75, 3.05) is 13.6 Å². The molecule has 19 heavy (non-hydrogen) atoms. The Morgan fingerprint density at radius 3 is 2.47 bits per heavy atom. The lowest BCUT2D eigenvalue weighted by Crippen LogP contribution is -2.47. The molecule has 2 atom stereocenters. The summed E-state index contributed by atoms with van der Waals surface area (Å²) in [6.07, 6.45) is 15.4. The van der Waals surface area contributed by atoms with Crippen molar-refractivity contribution in [3.63, 3.8) is 0 Å². The second-order valence-electron chi connectivity index (χ2n) is 7.11. The molecule has 0 spiro atoms. The summed E-state index contributed by atoms with van der Waals surface area (Å²) in [6.45, 7) is 3.63. The van der Waals surface area contributed by atoms with Gasteiger partial charge in [-0.2, -0.15) is 0 Å². The summed E-state index contributed by atoms with van der Waals surface area (Å²) in [7, 11) is 2.17. The van der Waals surface area contributed by atoms with Crippen LogP contribution in [0.5, 0.6) is 0 Å². The van der Waals surface area contributed by atoms with Crippen LogP contribution >= 0.6 is 0 Å². The molecule has 0 radical (unpaired) electrons. The molecule has 0 saturated heterocycles. The van der Waals surface area contributed by atoms with E-state index in [-0.39, 0.29) is 0 Å². The van der Waals surface area contributed by atoms with Gasteiger partial charge in [-0.15, -0.1) is 0 Å². The van der Waals surface area contributed by atoms with Crippen molar-refractivity contribution in [1.29, 1.82) is 0 Å². The summed E-state index contributed by atoms with van der Waals surface area (Å²) >= 11 is 0. The number of nitrogens with one attached hydrogen (secondary N) is 2. The molecule has 0 aromatic heterocycles. The zero-order chi connectivity index (χ0) is 13.6. The maximum atomic E-state index is 3.85. The van der Waals surface area contributed by atoms with E-state index in [1.54, 1.807) is 0 Å². The van der Waals surface area contributed by atoms with Gasteiger partial charge in [0.25, 0.3) is 0 Å². The quantitative estimate of drug-likeness (QED) is 0.738. The molecular weight excluding hydrogens is 232 g/mol. The highest BCUT2D eigenvalue weighted by Gasteiger charge is 2.29. The number of rotatable bonds is 5. The van der Waals surface area contributed by atoms with Crippen molar-refractivity contribution >= 4 is 0 Å². The fourth-order valence-corrected chi connectivity index (χ4v) is 4.06. The van der Waals surface area contributed by atoms with Gasteiger partial charge in [0, 0.05) is 11.6 Å². The lowest BCUT2D eigenvalue weighted by molar-refractivity contribution is 0.224. The standard InChI is InChI=1S/C17H34N2/c1-15-7-6-8-16(10-9-15)19-14-13-17(18-2)11-4-3-5-12-17/h15-16,18-19H,3-14H2,1-2H3. The van der Waals surface area contributed by atoms with Crippen LogP contribution in [0.4, 0.5) is 0 Å². The van der Waals surface area contributed by atoms with Gasteiger partial charge < -0.3 is 10.6 Å². The molecule has 2 nitrogen and oxygen atoms in total. The van der Waals surface area contributed by atoms with Crippen molar-refractivity contribution < 1.29 is 0 Å². The van der Waals surface area contributed by atoms with E-state index in [9.17, 15) is 0 Å². The summed E-state index contributed by atoms with van der Waals surface area (Å²) in [5.41, 5.74) is 0.448. The van der Waals surface area contributed by atoms with Crippen LogP contribution in [0.1, 0.15) is 77.6 Å². The van der Waals surface area contributed by atoms with Crippen LogP contribution in [0.25, 0.3) is 0 Å². The Labute approximate surface area is 120 Å². The van der Waals surface area contributed by atoms with Crippen LogP contribution in [0, 0.1) is 5.92 Å². The van der Waals surface area contributed by atoms with Gasteiger partial charge in [0.15, 0.2) is 0 Å². The van der Waals surface area contributed by atoms with Crippen molar-refractivity contribution in [2.45, 2.75) is 89.1 Å². The van der Waals surface area contributed by atoms with Crippen molar-refractivity contribution in [3.05, 3.63) is 0 Å². The van der Waals surface area contributed by atoms with E-state index >= 15 is 0 Å². The lowest BCUT2D eigenvalue weighted by Gasteiger charge is -2.37. The second kappa shape index (κ2) is 7.64. The zero-order valence-electron chi connectivity index (χ0n) is 13.1. The first kappa shape index (κ1) is 15.3. The molecule has 0 aromatic carbocycles. The van der Waals surface area contributed by atoms with Gasteiger partial charge in [0.05, 0.1) is 0 Å². The summed E-state index contributed by atoms with van der Waals surface area (Å²) < 4.78 is 0. The molecule has 0 aromatic rings. The average Bonchev–Trinajstić information content (AvgIpc) is 2.65. The van der Waals surface area contributed by atoms with Gasteiger partial charge in [-0.1, -0.05) is 39.0 Å². The monoisotopic (exact) mass is 266 g/mol. The minimum absolute atomic E-state index is 0.448. The molecule has 2 N–H and O–H groups in total. The van der Waals surface area contributed by atoms with Crippen LogP contribution in [0.3, 0.4) is 0 Å². The molecule has 112 valence electrons. The van der Waals surface area contributed by atoms with E-state index in [2.05, 4.69) is 24.6 Å². The largest absolute Gasteiger partial charge is 0.314 e. The first-order valence-electron chi connectivity index (χ1n) is 8.66. The van der Waals surface area contributed by atoms with E-state index in [1.165, 1.54) is 77.2 Å². The molecule has 2 saturated carbocycles. The molecule has 2 rings (SSSR count). The van der Waals surface area contributed by atoms with Crippen LogP contribution in [-0.2, 0) is 0 Å². The van der Waals surface area contributed by atoms with Gasteiger partial charge in [-0.05, 0) is 58.0 Å². The Balaban J connectivity index is 1.69. The number of hydrogen-bond donors (Lipinski definition) is 2. The van der Waals surface area contributed by atoms with E-state index in [4.69, 9.17) is 0 Å². The van der Waals surface area contributed by atoms with Crippen LogP contribution in [0.2, 0.25) is 0 Å². The third-order valence-corrected chi connectivity index (χ3v) is 5.63. The van der Waals surface area contributed by atoms with Crippen molar-refractivity contribution in [2.24, 2.45) is 5.92 Å². The smallest absolute Gasteiger partial charge is 0.0190 e. The lowest BCUT2D eigenvalue weighted by atomic mass is 9.79. The third kappa shape index (κ3) is 4.75. The fraction of sp³-hybridized carbons (Fsp3) is 1.00. The van der Waals surface area contributed by atoms with Gasteiger partial charge in [-0.25, -0.2) is 0 Å². The van der Waals surface area contributed by atoms with Crippen LogP contribution in [0.15, 0.2) is 0 Å².